The zero-order chi connectivity index (χ0) is 11.7. The van der Waals surface area contributed by atoms with E-state index in [4.69, 9.17) is 4.74 Å². The van der Waals surface area contributed by atoms with Gasteiger partial charge in [-0.05, 0) is 36.5 Å². The summed E-state index contributed by atoms with van der Waals surface area (Å²) in [4.78, 5) is 21.7. The van der Waals surface area contributed by atoms with Crippen molar-refractivity contribution in [3.05, 3.63) is 34.4 Å². The van der Waals surface area contributed by atoms with E-state index >= 15 is 0 Å². The molecule has 0 N–H and O–H groups in total. The highest BCUT2D eigenvalue weighted by molar-refractivity contribution is 5.78. The van der Waals surface area contributed by atoms with E-state index in [9.17, 15) is 9.59 Å². The summed E-state index contributed by atoms with van der Waals surface area (Å²) in [5.74, 6) is -0.255. The maximum Gasteiger partial charge on any atom is 0.303 e. The SMILES string of the molecule is CC(=O)O[C@@H]1CCc2c1ccc(C=O)c2C. The van der Waals surface area contributed by atoms with Crippen LogP contribution in [0.25, 0.3) is 0 Å². The Bertz CT molecular complexity index is 449. The first-order chi connectivity index (χ1) is 7.63. The molecule has 0 spiro atoms. The fourth-order valence-corrected chi connectivity index (χ4v) is 2.31. The molecule has 0 heterocycles. The number of rotatable bonds is 2. The molecule has 1 aliphatic rings. The molecule has 84 valence electrons. The number of esters is 1. The molecule has 1 atom stereocenters. The highest BCUT2D eigenvalue weighted by Gasteiger charge is 2.26. The Morgan fingerprint density at radius 2 is 2.25 bits per heavy atom. The summed E-state index contributed by atoms with van der Waals surface area (Å²) in [7, 11) is 0. The van der Waals surface area contributed by atoms with E-state index in [0.717, 1.165) is 41.4 Å². The first-order valence-corrected chi connectivity index (χ1v) is 5.38. The Labute approximate surface area is 94.4 Å². The van der Waals surface area contributed by atoms with Gasteiger partial charge in [-0.15, -0.1) is 0 Å². The van der Waals surface area contributed by atoms with Crippen molar-refractivity contribution in [2.45, 2.75) is 32.8 Å². The van der Waals surface area contributed by atoms with E-state index in [1.807, 2.05) is 13.0 Å². The topological polar surface area (TPSA) is 43.4 Å². The molecule has 2 rings (SSSR count). The zero-order valence-electron chi connectivity index (χ0n) is 9.45. The Balaban J connectivity index is 2.38. The lowest BCUT2D eigenvalue weighted by Crippen LogP contribution is -2.05. The van der Waals surface area contributed by atoms with Crippen LogP contribution in [0.15, 0.2) is 12.1 Å². The van der Waals surface area contributed by atoms with Crippen molar-refractivity contribution < 1.29 is 14.3 Å². The number of fused-ring (bicyclic) bond motifs is 1. The maximum absolute atomic E-state index is 10.9. The van der Waals surface area contributed by atoms with Crippen LogP contribution >= 0.6 is 0 Å². The first-order valence-electron chi connectivity index (χ1n) is 5.38. The van der Waals surface area contributed by atoms with E-state index in [2.05, 4.69) is 0 Å². The Morgan fingerprint density at radius 3 is 2.88 bits per heavy atom. The highest BCUT2D eigenvalue weighted by Crippen LogP contribution is 2.36. The van der Waals surface area contributed by atoms with Crippen molar-refractivity contribution >= 4 is 12.3 Å². The predicted octanol–water partition coefficient (Wildman–Crippen LogP) is 2.36. The highest BCUT2D eigenvalue weighted by atomic mass is 16.5. The van der Waals surface area contributed by atoms with Gasteiger partial charge in [0, 0.05) is 12.5 Å². The van der Waals surface area contributed by atoms with Crippen molar-refractivity contribution in [3.63, 3.8) is 0 Å². The lowest BCUT2D eigenvalue weighted by Gasteiger charge is -2.12. The summed E-state index contributed by atoms with van der Waals surface area (Å²) in [6.07, 6.45) is 2.43. The van der Waals surface area contributed by atoms with Crippen LogP contribution in [0.5, 0.6) is 0 Å². The molecule has 0 amide bonds. The van der Waals surface area contributed by atoms with Crippen LogP contribution in [-0.2, 0) is 16.0 Å². The molecule has 3 nitrogen and oxygen atoms in total. The smallest absolute Gasteiger partial charge is 0.303 e. The molecule has 0 saturated heterocycles. The molecular weight excluding hydrogens is 204 g/mol. The predicted molar refractivity (Wildman–Crippen MR) is 59.4 cm³/mol. The average Bonchev–Trinajstić information content (AvgIpc) is 2.62. The second-order valence-electron chi connectivity index (χ2n) is 4.10. The van der Waals surface area contributed by atoms with Crippen LogP contribution < -0.4 is 0 Å². The summed E-state index contributed by atoms with van der Waals surface area (Å²) in [6, 6.07) is 3.69. The number of benzene rings is 1. The van der Waals surface area contributed by atoms with E-state index in [-0.39, 0.29) is 12.1 Å². The molecule has 1 aromatic rings. The first kappa shape index (κ1) is 10.9. The Morgan fingerprint density at radius 1 is 1.50 bits per heavy atom. The zero-order valence-corrected chi connectivity index (χ0v) is 9.45. The Kier molecular flexibility index (Phi) is 2.77. The molecule has 0 saturated carbocycles. The molecule has 1 aromatic carbocycles. The molecule has 0 bridgehead atoms. The van der Waals surface area contributed by atoms with Crippen molar-refractivity contribution in [2.24, 2.45) is 0 Å². The molecule has 16 heavy (non-hydrogen) atoms. The van der Waals surface area contributed by atoms with Crippen molar-refractivity contribution in [1.82, 2.24) is 0 Å². The summed E-state index contributed by atoms with van der Waals surface area (Å²) in [5, 5.41) is 0. The van der Waals surface area contributed by atoms with E-state index in [1.165, 1.54) is 6.92 Å². The third-order valence-corrected chi connectivity index (χ3v) is 3.12. The minimum Gasteiger partial charge on any atom is -0.458 e. The van der Waals surface area contributed by atoms with E-state index in [1.54, 1.807) is 6.07 Å². The van der Waals surface area contributed by atoms with Gasteiger partial charge in [-0.3, -0.25) is 9.59 Å². The normalized spacial score (nSPS) is 18.0. The van der Waals surface area contributed by atoms with E-state index in [0.29, 0.717) is 0 Å². The van der Waals surface area contributed by atoms with Crippen LogP contribution in [-0.4, -0.2) is 12.3 Å². The van der Waals surface area contributed by atoms with Gasteiger partial charge in [-0.2, -0.15) is 0 Å². The molecule has 3 heteroatoms. The summed E-state index contributed by atoms with van der Waals surface area (Å²) < 4.78 is 5.24. The second-order valence-corrected chi connectivity index (χ2v) is 4.10. The van der Waals surface area contributed by atoms with Gasteiger partial charge in [0.15, 0.2) is 0 Å². The van der Waals surface area contributed by atoms with E-state index < -0.39 is 0 Å². The number of hydrogen-bond acceptors (Lipinski definition) is 3. The molecular formula is C13H14O3. The summed E-state index contributed by atoms with van der Waals surface area (Å²) in [5.41, 5.74) is 3.96. The Hall–Kier alpha value is -1.64. The maximum atomic E-state index is 10.9. The second kappa shape index (κ2) is 4.08. The quantitative estimate of drug-likeness (QED) is 0.565. The van der Waals surface area contributed by atoms with Gasteiger partial charge >= 0.3 is 5.97 Å². The van der Waals surface area contributed by atoms with Gasteiger partial charge in [-0.1, -0.05) is 12.1 Å². The number of ether oxygens (including phenoxy) is 1. The third-order valence-electron chi connectivity index (χ3n) is 3.12. The lowest BCUT2D eigenvalue weighted by atomic mass is 9.99. The number of hydrogen-bond donors (Lipinski definition) is 0. The average molecular weight is 218 g/mol. The molecule has 0 aliphatic heterocycles. The van der Waals surface area contributed by atoms with Crippen LogP contribution in [0.1, 0.15) is 46.5 Å². The summed E-state index contributed by atoms with van der Waals surface area (Å²) >= 11 is 0. The van der Waals surface area contributed by atoms with Crippen molar-refractivity contribution in [2.75, 3.05) is 0 Å². The number of aldehydes is 1. The standard InChI is InChI=1S/C13H14O3/c1-8-10(7-14)3-4-12-11(8)5-6-13(12)16-9(2)15/h3-4,7,13H,5-6H2,1-2H3/t13-/m1/s1. The van der Waals surface area contributed by atoms with Gasteiger partial charge in [-0.25, -0.2) is 0 Å². The monoisotopic (exact) mass is 218 g/mol. The van der Waals surface area contributed by atoms with Crippen molar-refractivity contribution in [1.29, 1.82) is 0 Å². The molecule has 0 radical (unpaired) electrons. The van der Waals surface area contributed by atoms with Gasteiger partial charge in [0.2, 0.25) is 0 Å². The van der Waals surface area contributed by atoms with Crippen LogP contribution in [0.4, 0.5) is 0 Å². The fourth-order valence-electron chi connectivity index (χ4n) is 2.31. The molecule has 0 aromatic heterocycles. The largest absolute Gasteiger partial charge is 0.458 e. The van der Waals surface area contributed by atoms with Gasteiger partial charge in [0.25, 0.3) is 0 Å². The minimum atomic E-state index is -0.255. The molecule has 1 aliphatic carbocycles. The van der Waals surface area contributed by atoms with Gasteiger partial charge in [0.1, 0.15) is 12.4 Å². The van der Waals surface area contributed by atoms with Crippen LogP contribution in [0, 0.1) is 6.92 Å². The number of carbonyl (C=O) groups excluding carboxylic acids is 2. The van der Waals surface area contributed by atoms with Crippen LogP contribution in [0.2, 0.25) is 0 Å². The van der Waals surface area contributed by atoms with Crippen LogP contribution in [0.3, 0.4) is 0 Å². The molecule has 0 fully saturated rings. The van der Waals surface area contributed by atoms with Gasteiger partial charge in [0.05, 0.1) is 0 Å². The van der Waals surface area contributed by atoms with Gasteiger partial charge < -0.3 is 4.74 Å². The lowest BCUT2D eigenvalue weighted by molar-refractivity contribution is -0.146. The number of carbonyl (C=O) groups is 2. The fraction of sp³-hybridized carbons (Fsp3) is 0.385. The summed E-state index contributed by atoms with van der Waals surface area (Å²) in [6.45, 7) is 3.36. The van der Waals surface area contributed by atoms with Crippen molar-refractivity contribution in [3.8, 4) is 0 Å². The minimum absolute atomic E-state index is 0.132. The third kappa shape index (κ3) is 1.73. The molecule has 0 unspecified atom stereocenters.